The van der Waals surface area contributed by atoms with Gasteiger partial charge in [-0.3, -0.25) is 10.1 Å². The number of carbonyl (C=O) groups excluding carboxylic acids is 1. The molecule has 1 aliphatic heterocycles. The topological polar surface area (TPSA) is 122 Å². The normalized spacial score (nSPS) is 21.8. The van der Waals surface area contributed by atoms with Crippen LogP contribution < -0.4 is 4.74 Å². The Morgan fingerprint density at radius 1 is 1.24 bits per heavy atom. The molecule has 1 aliphatic rings. The van der Waals surface area contributed by atoms with Crippen LogP contribution >= 0.6 is 0 Å². The number of para-hydroxylation sites is 1. The Kier molecular flexibility index (Phi) is 6.30. The monoisotopic (exact) mass is 470 g/mol. The van der Waals surface area contributed by atoms with E-state index >= 15 is 0 Å². The van der Waals surface area contributed by atoms with Crippen LogP contribution in [0.25, 0.3) is 10.9 Å². The van der Waals surface area contributed by atoms with Gasteiger partial charge in [0.25, 0.3) is 5.69 Å². The molecular weight excluding hydrogens is 444 g/mol. The van der Waals surface area contributed by atoms with Crippen molar-refractivity contribution < 1.29 is 33.8 Å². The zero-order valence-corrected chi connectivity index (χ0v) is 19.3. The number of aromatic nitrogens is 1. The van der Waals surface area contributed by atoms with Crippen molar-refractivity contribution >= 4 is 22.6 Å². The van der Waals surface area contributed by atoms with E-state index in [4.69, 9.17) is 18.9 Å². The standard InChI is InChI=1S/C24H26N2O8/c1-5-33-22(28)18-12-14-8-6-7-9-17(14)25(18)20-16-13-15(26(29)30)10-11-19(16)34-24(2,21(20)27)23(31-3)32-4/h6-13,20-21,23,27H,5H2,1-4H3/t20?,21?,24-/m0/s1. The first-order valence-electron chi connectivity index (χ1n) is 10.7. The molecule has 2 aromatic carbocycles. The summed E-state index contributed by atoms with van der Waals surface area (Å²) in [7, 11) is 2.84. The molecule has 0 radical (unpaired) electrons. The Morgan fingerprint density at radius 3 is 2.59 bits per heavy atom. The van der Waals surface area contributed by atoms with E-state index < -0.39 is 34.9 Å². The van der Waals surface area contributed by atoms with Gasteiger partial charge in [-0.1, -0.05) is 18.2 Å². The molecule has 10 heteroatoms. The van der Waals surface area contributed by atoms with Gasteiger partial charge in [0.2, 0.25) is 0 Å². The number of non-ortho nitro benzene ring substituents is 1. The smallest absolute Gasteiger partial charge is 0.354 e. The van der Waals surface area contributed by atoms with Crippen molar-refractivity contribution in [1.29, 1.82) is 0 Å². The Hall–Kier alpha value is -3.47. The van der Waals surface area contributed by atoms with Gasteiger partial charge >= 0.3 is 5.97 Å². The van der Waals surface area contributed by atoms with Gasteiger partial charge in [-0.15, -0.1) is 0 Å². The van der Waals surface area contributed by atoms with E-state index in [0.29, 0.717) is 16.8 Å². The molecule has 4 rings (SSSR count). The minimum atomic E-state index is -1.42. The van der Waals surface area contributed by atoms with Crippen molar-refractivity contribution in [3.05, 3.63) is 69.9 Å². The Bertz CT molecular complexity index is 1230. The van der Waals surface area contributed by atoms with Crippen molar-refractivity contribution in [2.45, 2.75) is 37.9 Å². The lowest BCUT2D eigenvalue weighted by atomic mass is 9.84. The van der Waals surface area contributed by atoms with E-state index in [1.807, 2.05) is 12.1 Å². The second-order valence-electron chi connectivity index (χ2n) is 8.14. The van der Waals surface area contributed by atoms with Gasteiger partial charge in [0.05, 0.1) is 17.6 Å². The summed E-state index contributed by atoms with van der Waals surface area (Å²) < 4.78 is 24.0. The largest absolute Gasteiger partial charge is 0.479 e. The van der Waals surface area contributed by atoms with Crippen molar-refractivity contribution in [3.8, 4) is 5.75 Å². The maximum absolute atomic E-state index is 13.0. The summed E-state index contributed by atoms with van der Waals surface area (Å²) in [5.74, 6) is -0.281. The van der Waals surface area contributed by atoms with Crippen LogP contribution in [-0.2, 0) is 14.2 Å². The van der Waals surface area contributed by atoms with Crippen molar-refractivity contribution in [3.63, 3.8) is 0 Å². The molecule has 3 aromatic rings. The van der Waals surface area contributed by atoms with Gasteiger partial charge in [-0.25, -0.2) is 4.79 Å². The predicted octanol–water partition coefficient (Wildman–Crippen LogP) is 3.45. The molecular formula is C24H26N2O8. The van der Waals surface area contributed by atoms with Gasteiger partial charge in [0, 0.05) is 42.8 Å². The number of nitro groups is 1. The molecule has 0 bridgehead atoms. The van der Waals surface area contributed by atoms with E-state index in [1.54, 1.807) is 36.6 Å². The summed E-state index contributed by atoms with van der Waals surface area (Å²) in [5.41, 5.74) is -0.415. The molecule has 0 saturated heterocycles. The molecule has 2 unspecified atom stereocenters. The number of nitro benzene ring substituents is 1. The first-order chi connectivity index (χ1) is 16.3. The number of fused-ring (bicyclic) bond motifs is 2. The maximum atomic E-state index is 13.0. The summed E-state index contributed by atoms with van der Waals surface area (Å²) in [6, 6.07) is 12.1. The number of aliphatic hydroxyl groups is 1. The molecule has 0 spiro atoms. The highest BCUT2D eigenvalue weighted by Crippen LogP contribution is 2.47. The third kappa shape index (κ3) is 3.69. The molecule has 1 N–H and O–H groups in total. The molecule has 0 amide bonds. The highest BCUT2D eigenvalue weighted by atomic mass is 16.7. The van der Waals surface area contributed by atoms with Crippen LogP contribution in [0.4, 0.5) is 5.69 Å². The quantitative estimate of drug-likeness (QED) is 0.241. The number of methoxy groups -OCH3 is 2. The molecule has 0 aliphatic carbocycles. The fraction of sp³-hybridized carbons (Fsp3) is 0.375. The summed E-state index contributed by atoms with van der Waals surface area (Å²) in [4.78, 5) is 24.0. The highest BCUT2D eigenvalue weighted by molar-refractivity contribution is 5.96. The van der Waals surface area contributed by atoms with Gasteiger partial charge in [-0.2, -0.15) is 0 Å². The van der Waals surface area contributed by atoms with Crippen LogP contribution in [-0.4, -0.2) is 59.4 Å². The van der Waals surface area contributed by atoms with E-state index in [9.17, 15) is 20.0 Å². The molecule has 34 heavy (non-hydrogen) atoms. The van der Waals surface area contributed by atoms with Crippen molar-refractivity contribution in [2.75, 3.05) is 20.8 Å². The maximum Gasteiger partial charge on any atom is 0.354 e. The fourth-order valence-corrected chi connectivity index (χ4v) is 4.62. The summed E-state index contributed by atoms with van der Waals surface area (Å²) in [6.45, 7) is 3.49. The van der Waals surface area contributed by atoms with Gasteiger partial charge < -0.3 is 28.6 Å². The average molecular weight is 470 g/mol. The number of esters is 1. The van der Waals surface area contributed by atoms with Crippen LogP contribution in [0.3, 0.4) is 0 Å². The summed E-state index contributed by atoms with van der Waals surface area (Å²) in [6.07, 6.45) is -2.32. The summed E-state index contributed by atoms with van der Waals surface area (Å²) >= 11 is 0. The first-order valence-corrected chi connectivity index (χ1v) is 10.7. The molecule has 180 valence electrons. The lowest BCUT2D eigenvalue weighted by Gasteiger charge is -2.47. The average Bonchev–Trinajstić information content (AvgIpc) is 3.20. The van der Waals surface area contributed by atoms with Gasteiger partial charge in [-0.05, 0) is 32.0 Å². The van der Waals surface area contributed by atoms with E-state index in [-0.39, 0.29) is 18.0 Å². The third-order valence-corrected chi connectivity index (χ3v) is 6.15. The third-order valence-electron chi connectivity index (χ3n) is 6.15. The number of nitrogens with zero attached hydrogens (tertiary/aromatic N) is 2. The fourth-order valence-electron chi connectivity index (χ4n) is 4.62. The molecule has 0 fully saturated rings. The highest BCUT2D eigenvalue weighted by Gasteiger charge is 2.53. The number of ether oxygens (including phenoxy) is 4. The number of hydrogen-bond donors (Lipinski definition) is 1. The minimum Gasteiger partial charge on any atom is -0.479 e. The number of rotatable bonds is 7. The van der Waals surface area contributed by atoms with Crippen LogP contribution in [0.1, 0.15) is 35.9 Å². The first kappa shape index (κ1) is 23.7. The molecule has 10 nitrogen and oxygen atoms in total. The minimum absolute atomic E-state index is 0.159. The van der Waals surface area contributed by atoms with Gasteiger partial charge in [0.15, 0.2) is 11.9 Å². The van der Waals surface area contributed by atoms with E-state index in [1.165, 1.54) is 32.4 Å². The summed E-state index contributed by atoms with van der Waals surface area (Å²) in [5, 5.41) is 24.0. The predicted molar refractivity (Wildman–Crippen MR) is 122 cm³/mol. The Morgan fingerprint density at radius 2 is 1.94 bits per heavy atom. The Labute approximate surface area is 195 Å². The second-order valence-corrected chi connectivity index (χ2v) is 8.14. The van der Waals surface area contributed by atoms with Crippen LogP contribution in [0.15, 0.2) is 48.5 Å². The molecule has 1 aromatic heterocycles. The number of hydrogen-bond acceptors (Lipinski definition) is 8. The van der Waals surface area contributed by atoms with E-state index in [2.05, 4.69) is 0 Å². The van der Waals surface area contributed by atoms with Crippen LogP contribution in [0.2, 0.25) is 0 Å². The lowest BCUT2D eigenvalue weighted by Crippen LogP contribution is -2.60. The zero-order chi connectivity index (χ0) is 24.6. The zero-order valence-electron chi connectivity index (χ0n) is 19.3. The number of benzene rings is 2. The van der Waals surface area contributed by atoms with Crippen LogP contribution in [0, 0.1) is 10.1 Å². The van der Waals surface area contributed by atoms with E-state index in [0.717, 1.165) is 5.39 Å². The molecule has 3 atom stereocenters. The number of aliphatic hydroxyl groups excluding tert-OH is 1. The van der Waals surface area contributed by atoms with Crippen molar-refractivity contribution in [2.24, 2.45) is 0 Å². The van der Waals surface area contributed by atoms with Gasteiger partial charge in [0.1, 0.15) is 17.5 Å². The van der Waals surface area contributed by atoms with Crippen molar-refractivity contribution in [1.82, 2.24) is 4.57 Å². The SMILES string of the molecule is CCOC(=O)c1cc2ccccc2n1C1c2cc([N+](=O)[O-])ccc2O[C@](C)(C(OC)OC)C1O. The Balaban J connectivity index is 2.04. The number of carbonyl (C=O) groups is 1. The molecule has 2 heterocycles. The van der Waals surface area contributed by atoms with Crippen LogP contribution in [0.5, 0.6) is 5.75 Å². The lowest BCUT2D eigenvalue weighted by molar-refractivity contribution is -0.385. The molecule has 0 saturated carbocycles. The second kappa shape index (κ2) is 9.05.